The third kappa shape index (κ3) is 3.20. The number of imidazole rings is 1. The zero-order valence-corrected chi connectivity index (χ0v) is 12.4. The molecule has 0 aliphatic heterocycles. The number of H-pyrrole nitrogens is 1. The van der Waals surface area contributed by atoms with E-state index >= 15 is 0 Å². The molecule has 0 aliphatic rings. The fourth-order valence-corrected chi connectivity index (χ4v) is 2.35. The maximum Gasteiger partial charge on any atom is 0.225 e. The molecule has 0 unspecified atom stereocenters. The molecule has 1 heterocycles. The average Bonchev–Trinajstić information content (AvgIpc) is 2.87. The monoisotopic (exact) mass is 315 g/mol. The molecule has 0 fully saturated rings. The van der Waals surface area contributed by atoms with Gasteiger partial charge in [-0.15, -0.1) is 0 Å². The maximum absolute atomic E-state index is 10.9. The van der Waals surface area contributed by atoms with Gasteiger partial charge in [0.25, 0.3) is 0 Å². The number of nitrogens with zero attached hydrogens (tertiary/aromatic N) is 1. The predicted molar refractivity (Wildman–Crippen MR) is 84.8 cm³/mol. The van der Waals surface area contributed by atoms with E-state index in [9.17, 15) is 4.79 Å². The summed E-state index contributed by atoms with van der Waals surface area (Å²) in [6.07, 6.45) is 0.0878. The highest BCUT2D eigenvalue weighted by molar-refractivity contribution is 6.31. The summed E-state index contributed by atoms with van der Waals surface area (Å²) in [5, 5.41) is 0.675. The van der Waals surface area contributed by atoms with Crippen LogP contribution in [0.25, 0.3) is 11.0 Å². The van der Waals surface area contributed by atoms with Crippen molar-refractivity contribution in [1.29, 1.82) is 0 Å². The van der Waals surface area contributed by atoms with E-state index in [-0.39, 0.29) is 6.42 Å². The number of aromatic amines is 1. The first-order valence-electron chi connectivity index (χ1n) is 6.75. The molecular weight excluding hydrogens is 302 g/mol. The normalized spacial score (nSPS) is 10.8. The van der Waals surface area contributed by atoms with Crippen LogP contribution in [-0.2, 0) is 17.8 Å². The number of primary amides is 1. The predicted octanol–water partition coefficient (Wildman–Crippen LogP) is 2.82. The number of hydrogen-bond donors (Lipinski definition) is 2. The number of nitrogens with one attached hydrogen (secondary N) is 1. The third-order valence-corrected chi connectivity index (χ3v) is 3.56. The van der Waals surface area contributed by atoms with Crippen molar-refractivity contribution in [2.24, 2.45) is 5.73 Å². The van der Waals surface area contributed by atoms with Gasteiger partial charge in [-0.2, -0.15) is 0 Å². The van der Waals surface area contributed by atoms with Crippen LogP contribution in [-0.4, -0.2) is 15.9 Å². The number of carbonyl (C=O) groups is 1. The van der Waals surface area contributed by atoms with Crippen molar-refractivity contribution in [3.8, 4) is 5.75 Å². The van der Waals surface area contributed by atoms with Crippen LogP contribution in [0.4, 0.5) is 0 Å². The van der Waals surface area contributed by atoms with E-state index in [4.69, 9.17) is 22.1 Å². The Kier molecular flexibility index (Phi) is 3.98. The molecule has 0 spiro atoms. The van der Waals surface area contributed by atoms with E-state index in [0.717, 1.165) is 16.6 Å². The first-order valence-corrected chi connectivity index (χ1v) is 7.13. The molecule has 1 aromatic heterocycles. The third-order valence-electron chi connectivity index (χ3n) is 3.20. The summed E-state index contributed by atoms with van der Waals surface area (Å²) >= 11 is 6.10. The van der Waals surface area contributed by atoms with Crippen LogP contribution in [0.1, 0.15) is 11.4 Å². The zero-order chi connectivity index (χ0) is 15.5. The van der Waals surface area contributed by atoms with Gasteiger partial charge in [0.2, 0.25) is 5.91 Å². The summed E-state index contributed by atoms with van der Waals surface area (Å²) < 4.78 is 5.75. The van der Waals surface area contributed by atoms with Crippen LogP contribution in [0, 0.1) is 0 Å². The van der Waals surface area contributed by atoms with E-state index in [0.29, 0.717) is 23.2 Å². The van der Waals surface area contributed by atoms with Gasteiger partial charge in [0, 0.05) is 16.7 Å². The molecule has 6 heteroatoms. The molecule has 0 saturated heterocycles. The van der Waals surface area contributed by atoms with Crippen LogP contribution in [0.5, 0.6) is 5.75 Å². The minimum absolute atomic E-state index is 0.0878. The van der Waals surface area contributed by atoms with Gasteiger partial charge in [-0.3, -0.25) is 4.79 Å². The quantitative estimate of drug-likeness (QED) is 0.759. The molecule has 5 nitrogen and oxygen atoms in total. The summed E-state index contributed by atoms with van der Waals surface area (Å²) in [6.45, 7) is 0.382. The average molecular weight is 316 g/mol. The highest BCUT2D eigenvalue weighted by Crippen LogP contribution is 2.22. The number of halogens is 1. The van der Waals surface area contributed by atoms with E-state index in [2.05, 4.69) is 9.97 Å². The van der Waals surface area contributed by atoms with Crippen molar-refractivity contribution in [2.75, 3.05) is 0 Å². The molecule has 0 bridgehead atoms. The second kappa shape index (κ2) is 6.07. The van der Waals surface area contributed by atoms with Gasteiger partial charge in [0.15, 0.2) is 0 Å². The molecule has 2 aromatic carbocycles. The number of nitrogens with two attached hydrogens (primary N) is 1. The van der Waals surface area contributed by atoms with Gasteiger partial charge >= 0.3 is 0 Å². The minimum Gasteiger partial charge on any atom is -0.489 e. The first-order chi connectivity index (χ1) is 10.6. The SMILES string of the molecule is NC(=O)Cc1nc2ccc(OCc3ccccc3Cl)cc2[nH]1. The van der Waals surface area contributed by atoms with Gasteiger partial charge < -0.3 is 15.5 Å². The number of carbonyl (C=O) groups excluding carboxylic acids is 1. The van der Waals surface area contributed by atoms with Crippen molar-refractivity contribution in [2.45, 2.75) is 13.0 Å². The van der Waals surface area contributed by atoms with Crippen LogP contribution < -0.4 is 10.5 Å². The van der Waals surface area contributed by atoms with Crippen LogP contribution in [0.2, 0.25) is 5.02 Å². The van der Waals surface area contributed by atoms with Crippen LogP contribution in [0.15, 0.2) is 42.5 Å². The van der Waals surface area contributed by atoms with Crippen molar-refractivity contribution in [1.82, 2.24) is 9.97 Å². The second-order valence-electron chi connectivity index (χ2n) is 4.89. The Hall–Kier alpha value is -2.53. The molecule has 0 radical (unpaired) electrons. The Morgan fingerprint density at radius 3 is 2.86 bits per heavy atom. The standard InChI is InChI=1S/C16H14ClN3O2/c17-12-4-2-1-3-10(12)9-22-11-5-6-13-14(7-11)20-16(19-13)8-15(18)21/h1-7H,8-9H2,(H2,18,21)(H,19,20). The Morgan fingerprint density at radius 2 is 2.09 bits per heavy atom. The Balaban J connectivity index is 1.77. The number of rotatable bonds is 5. The summed E-state index contributed by atoms with van der Waals surface area (Å²) in [5.74, 6) is 0.821. The van der Waals surface area contributed by atoms with Crippen molar-refractivity contribution in [3.05, 3.63) is 58.9 Å². The van der Waals surface area contributed by atoms with Crippen LogP contribution in [0.3, 0.4) is 0 Å². The fourth-order valence-electron chi connectivity index (χ4n) is 2.16. The molecule has 112 valence electrons. The van der Waals surface area contributed by atoms with Crippen LogP contribution >= 0.6 is 11.6 Å². The summed E-state index contributed by atoms with van der Waals surface area (Å²) in [5.41, 5.74) is 7.65. The molecule has 3 N–H and O–H groups in total. The smallest absolute Gasteiger partial charge is 0.225 e. The topological polar surface area (TPSA) is 81.0 Å². The Bertz CT molecular complexity index is 829. The van der Waals surface area contributed by atoms with E-state index in [1.165, 1.54) is 0 Å². The number of aromatic nitrogens is 2. The molecule has 0 atom stereocenters. The summed E-state index contributed by atoms with van der Waals surface area (Å²) in [4.78, 5) is 18.3. The first kappa shape index (κ1) is 14.4. The molecule has 0 saturated carbocycles. The number of benzene rings is 2. The molecule has 22 heavy (non-hydrogen) atoms. The lowest BCUT2D eigenvalue weighted by Crippen LogP contribution is -2.14. The van der Waals surface area contributed by atoms with Crippen molar-refractivity contribution in [3.63, 3.8) is 0 Å². The number of hydrogen-bond acceptors (Lipinski definition) is 3. The second-order valence-corrected chi connectivity index (χ2v) is 5.29. The lowest BCUT2D eigenvalue weighted by Gasteiger charge is -2.07. The summed E-state index contributed by atoms with van der Waals surface area (Å²) in [7, 11) is 0. The number of amides is 1. The zero-order valence-electron chi connectivity index (χ0n) is 11.7. The molecule has 3 aromatic rings. The van der Waals surface area contributed by atoms with Gasteiger partial charge in [0.05, 0.1) is 17.5 Å². The van der Waals surface area contributed by atoms with E-state index in [1.807, 2.05) is 42.5 Å². The van der Waals surface area contributed by atoms with Crippen molar-refractivity contribution < 1.29 is 9.53 Å². The van der Waals surface area contributed by atoms with E-state index in [1.54, 1.807) is 0 Å². The summed E-state index contributed by atoms with van der Waals surface area (Å²) in [6, 6.07) is 13.0. The number of fused-ring (bicyclic) bond motifs is 1. The maximum atomic E-state index is 10.9. The van der Waals surface area contributed by atoms with Gasteiger partial charge in [0.1, 0.15) is 18.2 Å². The lowest BCUT2D eigenvalue weighted by atomic mass is 10.2. The largest absolute Gasteiger partial charge is 0.489 e. The Labute approximate surface area is 132 Å². The minimum atomic E-state index is -0.422. The molecule has 0 aliphatic carbocycles. The van der Waals surface area contributed by atoms with Gasteiger partial charge in [-0.05, 0) is 18.2 Å². The molecule has 1 amide bonds. The fraction of sp³-hybridized carbons (Fsp3) is 0.125. The Morgan fingerprint density at radius 1 is 1.27 bits per heavy atom. The molecular formula is C16H14ClN3O2. The van der Waals surface area contributed by atoms with Gasteiger partial charge in [-0.1, -0.05) is 29.8 Å². The lowest BCUT2D eigenvalue weighted by molar-refractivity contribution is -0.117. The van der Waals surface area contributed by atoms with E-state index < -0.39 is 5.91 Å². The van der Waals surface area contributed by atoms with Gasteiger partial charge in [-0.25, -0.2) is 4.98 Å². The molecule has 3 rings (SSSR count). The number of ether oxygens (including phenoxy) is 1. The highest BCUT2D eigenvalue weighted by atomic mass is 35.5. The highest BCUT2D eigenvalue weighted by Gasteiger charge is 2.07. The van der Waals surface area contributed by atoms with Crippen molar-refractivity contribution >= 4 is 28.5 Å².